The Kier molecular flexibility index (Phi) is 3.03. The van der Waals surface area contributed by atoms with Gasteiger partial charge in [-0.05, 0) is 34.1 Å². The predicted octanol–water partition coefficient (Wildman–Crippen LogP) is 3.91. The lowest BCUT2D eigenvalue weighted by atomic mass is 10.2. The maximum Gasteiger partial charge on any atom is 0.0783 e. The summed E-state index contributed by atoms with van der Waals surface area (Å²) in [5, 5.41) is 2.04. The van der Waals surface area contributed by atoms with E-state index in [1.54, 1.807) is 11.3 Å². The van der Waals surface area contributed by atoms with Crippen LogP contribution >= 0.6 is 27.3 Å². The minimum atomic E-state index is 1.05. The van der Waals surface area contributed by atoms with E-state index in [1.165, 1.54) is 0 Å². The van der Waals surface area contributed by atoms with Crippen LogP contribution in [0.5, 0.6) is 0 Å². The SMILES string of the molecule is Brc1csc(C#Cc2ccccc2)c1. The van der Waals surface area contributed by atoms with Crippen molar-refractivity contribution >= 4 is 27.3 Å². The zero-order valence-electron chi connectivity index (χ0n) is 7.33. The Morgan fingerprint density at radius 2 is 1.86 bits per heavy atom. The molecule has 1 heterocycles. The highest BCUT2D eigenvalue weighted by Crippen LogP contribution is 2.18. The summed E-state index contributed by atoms with van der Waals surface area (Å²) in [6.07, 6.45) is 0. The summed E-state index contributed by atoms with van der Waals surface area (Å²) in [5.41, 5.74) is 1.05. The second-order valence-electron chi connectivity index (χ2n) is 2.75. The molecule has 0 fully saturated rings. The molecular formula is C12H7BrS. The molecule has 0 aliphatic carbocycles. The fraction of sp³-hybridized carbons (Fsp3) is 0. The van der Waals surface area contributed by atoms with Crippen LogP contribution in [-0.2, 0) is 0 Å². The molecule has 0 amide bonds. The van der Waals surface area contributed by atoms with E-state index in [9.17, 15) is 0 Å². The highest BCUT2D eigenvalue weighted by atomic mass is 79.9. The lowest BCUT2D eigenvalue weighted by Crippen LogP contribution is -1.70. The van der Waals surface area contributed by atoms with Crippen LogP contribution in [0.2, 0.25) is 0 Å². The van der Waals surface area contributed by atoms with Crippen LogP contribution in [0.25, 0.3) is 0 Å². The van der Waals surface area contributed by atoms with Gasteiger partial charge in [-0.3, -0.25) is 0 Å². The number of hydrogen-bond donors (Lipinski definition) is 0. The fourth-order valence-electron chi connectivity index (χ4n) is 1.03. The van der Waals surface area contributed by atoms with Crippen molar-refractivity contribution in [2.24, 2.45) is 0 Å². The topological polar surface area (TPSA) is 0 Å². The second-order valence-corrected chi connectivity index (χ2v) is 4.57. The molecule has 0 nitrogen and oxygen atoms in total. The zero-order valence-corrected chi connectivity index (χ0v) is 9.73. The van der Waals surface area contributed by atoms with E-state index in [0.29, 0.717) is 0 Å². The molecule has 0 N–H and O–H groups in total. The summed E-state index contributed by atoms with van der Waals surface area (Å²) in [6, 6.07) is 12.0. The summed E-state index contributed by atoms with van der Waals surface area (Å²) < 4.78 is 1.10. The smallest absolute Gasteiger partial charge is 0.0783 e. The minimum absolute atomic E-state index is 1.05. The number of rotatable bonds is 0. The standard InChI is InChI=1S/C12H7BrS/c13-11-8-12(14-9-11)7-6-10-4-2-1-3-5-10/h1-5,8-9H. The van der Waals surface area contributed by atoms with Crippen LogP contribution in [0.15, 0.2) is 46.3 Å². The summed E-state index contributed by atoms with van der Waals surface area (Å²) >= 11 is 5.05. The molecule has 2 aromatic rings. The van der Waals surface area contributed by atoms with Crippen LogP contribution in [0.3, 0.4) is 0 Å². The van der Waals surface area contributed by atoms with Gasteiger partial charge in [-0.2, -0.15) is 0 Å². The second kappa shape index (κ2) is 4.45. The lowest BCUT2D eigenvalue weighted by Gasteiger charge is -1.85. The van der Waals surface area contributed by atoms with Crippen LogP contribution in [-0.4, -0.2) is 0 Å². The Balaban J connectivity index is 2.23. The number of halogens is 1. The van der Waals surface area contributed by atoms with E-state index in [2.05, 4.69) is 27.8 Å². The van der Waals surface area contributed by atoms with E-state index in [0.717, 1.165) is 14.9 Å². The molecule has 0 spiro atoms. The van der Waals surface area contributed by atoms with Gasteiger partial charge in [0.15, 0.2) is 0 Å². The average Bonchev–Trinajstić information content (AvgIpc) is 2.63. The Morgan fingerprint density at radius 1 is 1.07 bits per heavy atom. The molecule has 0 saturated heterocycles. The van der Waals surface area contributed by atoms with Crippen LogP contribution in [0.1, 0.15) is 10.4 Å². The number of thiophene rings is 1. The molecule has 68 valence electrons. The zero-order chi connectivity index (χ0) is 9.80. The normalized spacial score (nSPS) is 9.21. The van der Waals surface area contributed by atoms with Gasteiger partial charge in [-0.25, -0.2) is 0 Å². The molecule has 0 radical (unpaired) electrons. The molecule has 2 rings (SSSR count). The molecule has 0 saturated carbocycles. The first-order valence-electron chi connectivity index (χ1n) is 4.16. The van der Waals surface area contributed by atoms with Crippen molar-refractivity contribution in [3.05, 3.63) is 56.7 Å². The minimum Gasteiger partial charge on any atom is -0.134 e. The van der Waals surface area contributed by atoms with Crippen molar-refractivity contribution in [3.63, 3.8) is 0 Å². The first-order valence-corrected chi connectivity index (χ1v) is 5.83. The summed E-state index contributed by atoms with van der Waals surface area (Å²) in [4.78, 5) is 1.08. The fourth-order valence-corrected chi connectivity index (χ4v) is 2.31. The molecule has 2 heteroatoms. The van der Waals surface area contributed by atoms with E-state index in [-0.39, 0.29) is 0 Å². The Bertz CT molecular complexity index is 474. The molecule has 0 aliphatic rings. The lowest BCUT2D eigenvalue weighted by molar-refractivity contribution is 1.65. The Labute approximate surface area is 95.7 Å². The largest absolute Gasteiger partial charge is 0.134 e. The quantitative estimate of drug-likeness (QED) is 0.632. The molecule has 0 unspecified atom stereocenters. The third kappa shape index (κ3) is 2.47. The van der Waals surface area contributed by atoms with Gasteiger partial charge < -0.3 is 0 Å². The van der Waals surface area contributed by atoms with Gasteiger partial charge in [0.05, 0.1) is 4.88 Å². The van der Waals surface area contributed by atoms with Gasteiger partial charge in [-0.1, -0.05) is 30.0 Å². The van der Waals surface area contributed by atoms with Crippen molar-refractivity contribution in [1.29, 1.82) is 0 Å². The van der Waals surface area contributed by atoms with E-state index < -0.39 is 0 Å². The van der Waals surface area contributed by atoms with Gasteiger partial charge in [0.1, 0.15) is 0 Å². The monoisotopic (exact) mass is 262 g/mol. The molecular weight excluding hydrogens is 256 g/mol. The van der Waals surface area contributed by atoms with Gasteiger partial charge in [0.2, 0.25) is 0 Å². The van der Waals surface area contributed by atoms with Gasteiger partial charge in [-0.15, -0.1) is 11.3 Å². The van der Waals surface area contributed by atoms with Crippen molar-refractivity contribution < 1.29 is 0 Å². The van der Waals surface area contributed by atoms with Gasteiger partial charge in [0, 0.05) is 15.4 Å². The third-order valence-electron chi connectivity index (χ3n) is 1.67. The van der Waals surface area contributed by atoms with Crippen molar-refractivity contribution in [3.8, 4) is 11.8 Å². The first-order chi connectivity index (χ1) is 6.84. The highest BCUT2D eigenvalue weighted by Gasteiger charge is 1.91. The maximum absolute atomic E-state index is 3.40. The van der Waals surface area contributed by atoms with Crippen molar-refractivity contribution in [2.75, 3.05) is 0 Å². The summed E-state index contributed by atoms with van der Waals surface area (Å²) in [5.74, 6) is 6.23. The van der Waals surface area contributed by atoms with Gasteiger partial charge in [0.25, 0.3) is 0 Å². The van der Waals surface area contributed by atoms with E-state index in [1.807, 2.05) is 41.8 Å². The molecule has 0 atom stereocenters. The average molecular weight is 263 g/mol. The van der Waals surface area contributed by atoms with Gasteiger partial charge >= 0.3 is 0 Å². The Hall–Kier alpha value is -1.04. The predicted molar refractivity (Wildman–Crippen MR) is 64.4 cm³/mol. The highest BCUT2D eigenvalue weighted by molar-refractivity contribution is 9.10. The van der Waals surface area contributed by atoms with Crippen LogP contribution in [0, 0.1) is 11.8 Å². The number of benzene rings is 1. The van der Waals surface area contributed by atoms with Crippen LogP contribution in [0.4, 0.5) is 0 Å². The first kappa shape index (κ1) is 9.51. The Morgan fingerprint density at radius 3 is 2.50 bits per heavy atom. The van der Waals surface area contributed by atoms with Crippen LogP contribution < -0.4 is 0 Å². The molecule has 1 aromatic heterocycles. The summed E-state index contributed by atoms with van der Waals surface area (Å²) in [6.45, 7) is 0. The summed E-state index contributed by atoms with van der Waals surface area (Å²) in [7, 11) is 0. The van der Waals surface area contributed by atoms with E-state index in [4.69, 9.17) is 0 Å². The molecule has 1 aromatic carbocycles. The molecule has 14 heavy (non-hydrogen) atoms. The molecule has 0 aliphatic heterocycles. The van der Waals surface area contributed by atoms with E-state index >= 15 is 0 Å². The van der Waals surface area contributed by atoms with Crippen molar-refractivity contribution in [1.82, 2.24) is 0 Å². The maximum atomic E-state index is 3.40. The number of hydrogen-bond acceptors (Lipinski definition) is 1. The molecule has 0 bridgehead atoms. The van der Waals surface area contributed by atoms with Crippen molar-refractivity contribution in [2.45, 2.75) is 0 Å². The third-order valence-corrected chi connectivity index (χ3v) is 3.28.